The van der Waals surface area contributed by atoms with Gasteiger partial charge in [-0.25, -0.2) is 0 Å². The van der Waals surface area contributed by atoms with E-state index in [2.05, 4.69) is 34.3 Å². The van der Waals surface area contributed by atoms with Crippen LogP contribution in [0.25, 0.3) is 10.9 Å². The van der Waals surface area contributed by atoms with Gasteiger partial charge in [0, 0.05) is 41.8 Å². The molecule has 0 aliphatic carbocycles. The molecular weight excluding hydrogens is 438 g/mol. The molecule has 0 bridgehead atoms. The topological polar surface area (TPSA) is 69.8 Å². The number of hydrogen-bond acceptors (Lipinski definition) is 5. The highest BCUT2D eigenvalue weighted by Gasteiger charge is 2.40. The Morgan fingerprint density at radius 1 is 1.06 bits per heavy atom. The number of benzene rings is 2. The second-order valence-corrected chi connectivity index (χ2v) is 10.6. The Balaban J connectivity index is 1.30. The minimum absolute atomic E-state index is 0.326. The third-order valence-electron chi connectivity index (χ3n) is 8.87. The molecule has 0 spiro atoms. The van der Waals surface area contributed by atoms with Gasteiger partial charge in [0.2, 0.25) is 0 Å². The molecule has 186 valence electrons. The highest BCUT2D eigenvalue weighted by Crippen LogP contribution is 2.47. The Labute approximate surface area is 207 Å². The van der Waals surface area contributed by atoms with Crippen LogP contribution >= 0.6 is 0 Å². The van der Waals surface area contributed by atoms with Crippen molar-refractivity contribution in [1.29, 1.82) is 0 Å². The van der Waals surface area contributed by atoms with Crippen LogP contribution in [0.4, 0.5) is 0 Å². The molecule has 1 saturated heterocycles. The number of rotatable bonds is 5. The number of aromatic amines is 1. The van der Waals surface area contributed by atoms with Gasteiger partial charge < -0.3 is 24.9 Å². The second kappa shape index (κ2) is 9.07. The summed E-state index contributed by atoms with van der Waals surface area (Å²) in [6.45, 7) is 5.63. The minimum atomic E-state index is 0.326. The van der Waals surface area contributed by atoms with Gasteiger partial charge in [-0.1, -0.05) is 13.3 Å². The maximum atomic E-state index is 10.1. The molecule has 1 unspecified atom stereocenters. The van der Waals surface area contributed by atoms with Crippen molar-refractivity contribution in [2.75, 3.05) is 33.9 Å². The number of phenolic OH excluding ortho intramolecular Hbond substituents is 1. The molecule has 2 aromatic carbocycles. The molecule has 6 nitrogen and oxygen atoms in total. The van der Waals surface area contributed by atoms with Gasteiger partial charge in [-0.2, -0.15) is 0 Å². The summed E-state index contributed by atoms with van der Waals surface area (Å²) in [5.74, 6) is 3.36. The number of phenols is 1. The van der Waals surface area contributed by atoms with E-state index in [0.29, 0.717) is 29.7 Å². The Bertz CT molecular complexity index is 1240. The molecule has 0 radical (unpaired) electrons. The molecule has 1 aromatic heterocycles. The van der Waals surface area contributed by atoms with E-state index in [4.69, 9.17) is 9.47 Å². The highest BCUT2D eigenvalue weighted by molar-refractivity contribution is 5.86. The summed E-state index contributed by atoms with van der Waals surface area (Å²) in [6.07, 6.45) is 5.60. The first-order chi connectivity index (χ1) is 17.1. The van der Waals surface area contributed by atoms with Crippen LogP contribution in [0.5, 0.6) is 17.2 Å². The van der Waals surface area contributed by atoms with E-state index in [0.717, 1.165) is 49.4 Å². The molecule has 3 aromatic rings. The average molecular weight is 476 g/mol. The van der Waals surface area contributed by atoms with Gasteiger partial charge in [0.05, 0.1) is 14.2 Å². The van der Waals surface area contributed by atoms with Crippen LogP contribution in [-0.4, -0.2) is 48.8 Å². The molecular formula is C29H37N3O3. The van der Waals surface area contributed by atoms with Crippen molar-refractivity contribution in [3.63, 3.8) is 0 Å². The standard InChI is InChI=1S/C29H37N3O3/c1-4-17-16-32-10-8-18-13-27(34-2)28(35-3)15-22(18)26(32)12-19(17)11-25-29-21(7-9-30-25)23-14-20(33)5-6-24(23)31-29/h5-6,13-15,17,19,25-26,30-31,33H,4,7-12,16H2,1-3H3/t17-,19-,25-,26?/m0/s1. The number of aromatic nitrogens is 1. The van der Waals surface area contributed by atoms with Gasteiger partial charge in [0.15, 0.2) is 11.5 Å². The van der Waals surface area contributed by atoms with E-state index >= 15 is 0 Å². The first kappa shape index (κ1) is 22.7. The molecule has 0 amide bonds. The molecule has 1 fully saturated rings. The highest BCUT2D eigenvalue weighted by atomic mass is 16.5. The SMILES string of the molecule is CC[C@H]1CN2CCc3cc(OC)c(OC)cc3C2C[C@@H]1C[C@@H]1NCCc2c1[nH]c1ccc(O)cc21. The van der Waals surface area contributed by atoms with E-state index in [-0.39, 0.29) is 0 Å². The number of ether oxygens (including phenoxy) is 2. The number of piperidine rings is 1. The lowest BCUT2D eigenvalue weighted by Crippen LogP contribution is -2.46. The molecule has 35 heavy (non-hydrogen) atoms. The fourth-order valence-corrected chi connectivity index (χ4v) is 7.06. The van der Waals surface area contributed by atoms with Crippen LogP contribution in [0.15, 0.2) is 30.3 Å². The van der Waals surface area contributed by atoms with E-state index in [9.17, 15) is 5.11 Å². The minimum Gasteiger partial charge on any atom is -0.508 e. The zero-order valence-electron chi connectivity index (χ0n) is 21.1. The molecule has 4 heterocycles. The normalized spacial score (nSPS) is 26.1. The van der Waals surface area contributed by atoms with Crippen LogP contribution < -0.4 is 14.8 Å². The number of fused-ring (bicyclic) bond motifs is 6. The number of nitrogens with one attached hydrogen (secondary N) is 2. The Morgan fingerprint density at radius 2 is 1.89 bits per heavy atom. The molecule has 6 heteroatoms. The molecule has 3 N–H and O–H groups in total. The van der Waals surface area contributed by atoms with E-state index in [1.165, 1.54) is 47.2 Å². The van der Waals surface area contributed by atoms with Crippen molar-refractivity contribution in [2.24, 2.45) is 11.8 Å². The van der Waals surface area contributed by atoms with Crippen molar-refractivity contribution in [3.05, 3.63) is 52.7 Å². The predicted molar refractivity (Wildman–Crippen MR) is 138 cm³/mol. The van der Waals surface area contributed by atoms with Crippen molar-refractivity contribution >= 4 is 10.9 Å². The number of hydrogen-bond donors (Lipinski definition) is 3. The first-order valence-corrected chi connectivity index (χ1v) is 13.1. The lowest BCUT2D eigenvalue weighted by atomic mass is 9.73. The largest absolute Gasteiger partial charge is 0.508 e. The van der Waals surface area contributed by atoms with Crippen LogP contribution in [-0.2, 0) is 12.8 Å². The van der Waals surface area contributed by atoms with Crippen LogP contribution in [0, 0.1) is 11.8 Å². The first-order valence-electron chi connectivity index (χ1n) is 13.1. The number of methoxy groups -OCH3 is 2. The zero-order valence-corrected chi connectivity index (χ0v) is 21.1. The van der Waals surface area contributed by atoms with Gasteiger partial charge in [0.1, 0.15) is 5.75 Å². The van der Waals surface area contributed by atoms with Gasteiger partial charge in [-0.15, -0.1) is 0 Å². The summed E-state index contributed by atoms with van der Waals surface area (Å²) in [5, 5.41) is 15.1. The fraction of sp³-hybridized carbons (Fsp3) is 0.517. The maximum absolute atomic E-state index is 10.1. The summed E-state index contributed by atoms with van der Waals surface area (Å²) in [7, 11) is 3.45. The van der Waals surface area contributed by atoms with Gasteiger partial charge in [-0.3, -0.25) is 4.90 Å². The number of aromatic hydroxyl groups is 1. The maximum Gasteiger partial charge on any atom is 0.161 e. The summed E-state index contributed by atoms with van der Waals surface area (Å²) in [6, 6.07) is 10.9. The van der Waals surface area contributed by atoms with Gasteiger partial charge >= 0.3 is 0 Å². The molecule has 6 rings (SSSR count). The van der Waals surface area contributed by atoms with Crippen molar-refractivity contribution in [2.45, 2.75) is 51.1 Å². The predicted octanol–water partition coefficient (Wildman–Crippen LogP) is 5.11. The third kappa shape index (κ3) is 3.87. The molecule has 0 saturated carbocycles. The van der Waals surface area contributed by atoms with E-state index in [1.807, 2.05) is 12.1 Å². The van der Waals surface area contributed by atoms with Gasteiger partial charge in [-0.05, 0) is 91.1 Å². The quantitative estimate of drug-likeness (QED) is 0.478. The molecule has 3 aliphatic heterocycles. The number of H-pyrrole nitrogens is 1. The Kier molecular flexibility index (Phi) is 5.89. The summed E-state index contributed by atoms with van der Waals surface area (Å²) >= 11 is 0. The summed E-state index contributed by atoms with van der Waals surface area (Å²) in [5.41, 5.74) is 6.66. The Hall–Kier alpha value is -2.70. The smallest absolute Gasteiger partial charge is 0.161 e. The summed E-state index contributed by atoms with van der Waals surface area (Å²) < 4.78 is 11.3. The van der Waals surface area contributed by atoms with E-state index < -0.39 is 0 Å². The summed E-state index contributed by atoms with van der Waals surface area (Å²) in [4.78, 5) is 6.41. The fourth-order valence-electron chi connectivity index (χ4n) is 7.06. The van der Waals surface area contributed by atoms with Crippen LogP contribution in [0.2, 0.25) is 0 Å². The monoisotopic (exact) mass is 475 g/mol. The van der Waals surface area contributed by atoms with Gasteiger partial charge in [0.25, 0.3) is 0 Å². The third-order valence-corrected chi connectivity index (χ3v) is 8.87. The molecule has 4 atom stereocenters. The second-order valence-electron chi connectivity index (χ2n) is 10.6. The van der Waals surface area contributed by atoms with Crippen molar-refractivity contribution in [1.82, 2.24) is 15.2 Å². The lowest BCUT2D eigenvalue weighted by Gasteiger charge is -2.48. The molecule has 3 aliphatic rings. The van der Waals surface area contributed by atoms with Crippen LogP contribution in [0.3, 0.4) is 0 Å². The zero-order chi connectivity index (χ0) is 24.1. The number of nitrogens with zero attached hydrogens (tertiary/aromatic N) is 1. The van der Waals surface area contributed by atoms with E-state index in [1.54, 1.807) is 20.3 Å². The lowest BCUT2D eigenvalue weighted by molar-refractivity contribution is 0.0433. The average Bonchev–Trinajstić information content (AvgIpc) is 3.26. The van der Waals surface area contributed by atoms with Crippen molar-refractivity contribution in [3.8, 4) is 17.2 Å². The van der Waals surface area contributed by atoms with Crippen LogP contribution in [0.1, 0.15) is 60.7 Å². The Morgan fingerprint density at radius 3 is 2.69 bits per heavy atom. The van der Waals surface area contributed by atoms with Crippen molar-refractivity contribution < 1.29 is 14.6 Å².